The van der Waals surface area contributed by atoms with Crippen molar-refractivity contribution in [2.24, 2.45) is 0 Å². The van der Waals surface area contributed by atoms with E-state index in [0.29, 0.717) is 25.3 Å². The molecule has 3 rings (SSSR count). The van der Waals surface area contributed by atoms with E-state index in [2.05, 4.69) is 15.2 Å². The van der Waals surface area contributed by atoms with Gasteiger partial charge in [0, 0.05) is 33.1 Å². The number of oxazole rings is 1. The summed E-state index contributed by atoms with van der Waals surface area (Å²) in [5, 5.41) is 2.45. The van der Waals surface area contributed by atoms with E-state index in [1.54, 1.807) is 11.2 Å². The van der Waals surface area contributed by atoms with Crippen molar-refractivity contribution in [1.29, 1.82) is 0 Å². The summed E-state index contributed by atoms with van der Waals surface area (Å²) in [5.41, 5.74) is 0.255. The van der Waals surface area contributed by atoms with E-state index < -0.39 is 5.54 Å². The van der Waals surface area contributed by atoms with Gasteiger partial charge in [-0.05, 0) is 19.8 Å². The third-order valence-corrected chi connectivity index (χ3v) is 4.46. The minimum atomic E-state index is -0.651. The number of piperidine rings is 1. The summed E-state index contributed by atoms with van der Waals surface area (Å²) < 4.78 is 5.21. The highest BCUT2D eigenvalue weighted by atomic mass is 16.3. The van der Waals surface area contributed by atoms with Crippen molar-refractivity contribution in [3.05, 3.63) is 17.8 Å². The van der Waals surface area contributed by atoms with Gasteiger partial charge in [0.2, 0.25) is 0 Å². The molecule has 1 N–H and O–H groups in total. The van der Waals surface area contributed by atoms with Crippen LogP contribution in [0.5, 0.6) is 0 Å². The standard InChI is InChI=1S/C14H20N4O3/c1-3-18-13(20)16-12(19)14(18)4-6-17(7-5-14)8-11-9-21-10(2)15-11/h9H,3-8H2,1-2H3,(H,16,19,20). The third kappa shape index (κ3) is 2.31. The van der Waals surface area contributed by atoms with Crippen LogP contribution in [0.2, 0.25) is 0 Å². The van der Waals surface area contributed by atoms with Crippen molar-refractivity contribution < 1.29 is 14.0 Å². The van der Waals surface area contributed by atoms with Crippen molar-refractivity contribution in [2.45, 2.75) is 38.8 Å². The molecular weight excluding hydrogens is 272 g/mol. The Kier molecular flexibility index (Phi) is 3.44. The van der Waals surface area contributed by atoms with Crippen molar-refractivity contribution in [1.82, 2.24) is 20.1 Å². The van der Waals surface area contributed by atoms with Crippen LogP contribution < -0.4 is 5.32 Å². The maximum absolute atomic E-state index is 12.2. The number of imide groups is 1. The fourth-order valence-corrected chi connectivity index (χ4v) is 3.33. The number of aryl methyl sites for hydroxylation is 1. The quantitative estimate of drug-likeness (QED) is 0.837. The minimum Gasteiger partial charge on any atom is -0.449 e. The molecule has 0 atom stereocenters. The molecule has 1 aromatic heterocycles. The average molecular weight is 292 g/mol. The van der Waals surface area contributed by atoms with Crippen LogP contribution in [0.15, 0.2) is 10.7 Å². The SMILES string of the molecule is CCN1C(=O)NC(=O)C12CCN(Cc1coc(C)n1)CC2. The maximum Gasteiger partial charge on any atom is 0.325 e. The van der Waals surface area contributed by atoms with E-state index in [0.717, 1.165) is 25.3 Å². The van der Waals surface area contributed by atoms with Gasteiger partial charge in [0.05, 0.1) is 5.69 Å². The van der Waals surface area contributed by atoms with Crippen molar-refractivity contribution in [3.8, 4) is 0 Å². The van der Waals surface area contributed by atoms with E-state index in [1.807, 2.05) is 13.8 Å². The molecule has 3 heterocycles. The summed E-state index contributed by atoms with van der Waals surface area (Å²) in [7, 11) is 0. The van der Waals surface area contributed by atoms with Gasteiger partial charge in [-0.1, -0.05) is 0 Å². The van der Waals surface area contributed by atoms with Crippen molar-refractivity contribution in [2.75, 3.05) is 19.6 Å². The number of nitrogens with one attached hydrogen (secondary N) is 1. The second-order valence-corrected chi connectivity index (χ2v) is 5.67. The number of hydrogen-bond acceptors (Lipinski definition) is 5. The average Bonchev–Trinajstić information content (AvgIpc) is 2.95. The van der Waals surface area contributed by atoms with Gasteiger partial charge in [-0.25, -0.2) is 9.78 Å². The molecule has 7 heteroatoms. The van der Waals surface area contributed by atoms with Crippen LogP contribution in [0, 0.1) is 6.92 Å². The van der Waals surface area contributed by atoms with Gasteiger partial charge in [0.15, 0.2) is 5.89 Å². The number of urea groups is 1. The molecule has 3 amide bonds. The Bertz CT molecular complexity index is 560. The van der Waals surface area contributed by atoms with E-state index >= 15 is 0 Å². The topological polar surface area (TPSA) is 78.7 Å². The summed E-state index contributed by atoms with van der Waals surface area (Å²) >= 11 is 0. The predicted octanol–water partition coefficient (Wildman–Crippen LogP) is 0.889. The molecule has 0 unspecified atom stereocenters. The van der Waals surface area contributed by atoms with E-state index in [9.17, 15) is 9.59 Å². The first-order valence-corrected chi connectivity index (χ1v) is 7.31. The first kappa shape index (κ1) is 14.1. The van der Waals surface area contributed by atoms with Gasteiger partial charge < -0.3 is 9.32 Å². The second kappa shape index (κ2) is 5.14. The van der Waals surface area contributed by atoms with Crippen LogP contribution in [-0.2, 0) is 11.3 Å². The van der Waals surface area contributed by atoms with Gasteiger partial charge in [-0.2, -0.15) is 0 Å². The number of carbonyl (C=O) groups excluding carboxylic acids is 2. The van der Waals surface area contributed by atoms with Gasteiger partial charge in [0.25, 0.3) is 5.91 Å². The third-order valence-electron chi connectivity index (χ3n) is 4.46. The predicted molar refractivity (Wildman–Crippen MR) is 74.4 cm³/mol. The van der Waals surface area contributed by atoms with Crippen LogP contribution in [0.4, 0.5) is 4.79 Å². The molecule has 21 heavy (non-hydrogen) atoms. The van der Waals surface area contributed by atoms with Crippen molar-refractivity contribution >= 4 is 11.9 Å². The zero-order valence-corrected chi connectivity index (χ0v) is 12.4. The monoisotopic (exact) mass is 292 g/mol. The number of aromatic nitrogens is 1. The smallest absolute Gasteiger partial charge is 0.325 e. The zero-order chi connectivity index (χ0) is 15.0. The van der Waals surface area contributed by atoms with E-state index in [-0.39, 0.29) is 11.9 Å². The summed E-state index contributed by atoms with van der Waals surface area (Å²) in [4.78, 5) is 32.2. The Balaban J connectivity index is 1.67. The number of likely N-dealkylation sites (N-methyl/N-ethyl adjacent to an activating group) is 1. The lowest BCUT2D eigenvalue weighted by Gasteiger charge is -2.41. The molecule has 0 radical (unpaired) electrons. The largest absolute Gasteiger partial charge is 0.449 e. The Hall–Kier alpha value is -1.89. The lowest BCUT2D eigenvalue weighted by atomic mass is 9.86. The Morgan fingerprint density at radius 2 is 2.10 bits per heavy atom. The summed E-state index contributed by atoms with van der Waals surface area (Å²) in [6, 6.07) is -0.261. The number of amides is 3. The lowest BCUT2D eigenvalue weighted by Crippen LogP contribution is -2.56. The fourth-order valence-electron chi connectivity index (χ4n) is 3.33. The van der Waals surface area contributed by atoms with Gasteiger partial charge in [0.1, 0.15) is 11.8 Å². The van der Waals surface area contributed by atoms with Gasteiger partial charge in [-0.3, -0.25) is 15.0 Å². The van der Waals surface area contributed by atoms with Crippen LogP contribution >= 0.6 is 0 Å². The summed E-state index contributed by atoms with van der Waals surface area (Å²) in [6.45, 7) is 6.54. The van der Waals surface area contributed by atoms with Crippen LogP contribution in [0.25, 0.3) is 0 Å². The molecule has 0 aromatic carbocycles. The number of carbonyl (C=O) groups is 2. The summed E-state index contributed by atoms with van der Waals surface area (Å²) in [6.07, 6.45) is 2.99. The van der Waals surface area contributed by atoms with Gasteiger partial charge in [-0.15, -0.1) is 0 Å². The molecule has 1 aromatic rings. The molecule has 0 bridgehead atoms. The first-order valence-electron chi connectivity index (χ1n) is 7.31. The number of nitrogens with zero attached hydrogens (tertiary/aromatic N) is 3. The van der Waals surface area contributed by atoms with Crippen LogP contribution in [0.3, 0.4) is 0 Å². The molecule has 114 valence electrons. The highest BCUT2D eigenvalue weighted by Crippen LogP contribution is 2.33. The number of likely N-dealkylation sites (tertiary alicyclic amines) is 1. The number of hydrogen-bond donors (Lipinski definition) is 1. The zero-order valence-electron chi connectivity index (χ0n) is 12.4. The Morgan fingerprint density at radius 3 is 2.67 bits per heavy atom. The molecule has 2 aliphatic rings. The Morgan fingerprint density at radius 1 is 1.38 bits per heavy atom. The molecule has 2 aliphatic heterocycles. The molecule has 0 aliphatic carbocycles. The van der Waals surface area contributed by atoms with Crippen LogP contribution in [0.1, 0.15) is 31.4 Å². The molecule has 0 saturated carbocycles. The molecule has 7 nitrogen and oxygen atoms in total. The second-order valence-electron chi connectivity index (χ2n) is 5.67. The lowest BCUT2D eigenvalue weighted by molar-refractivity contribution is -0.129. The highest BCUT2D eigenvalue weighted by Gasteiger charge is 2.53. The van der Waals surface area contributed by atoms with Crippen molar-refractivity contribution in [3.63, 3.8) is 0 Å². The maximum atomic E-state index is 12.2. The minimum absolute atomic E-state index is 0.147. The molecule has 2 fully saturated rings. The van der Waals surface area contributed by atoms with E-state index in [1.165, 1.54) is 0 Å². The van der Waals surface area contributed by atoms with E-state index in [4.69, 9.17) is 4.42 Å². The molecule has 2 saturated heterocycles. The van der Waals surface area contributed by atoms with Gasteiger partial charge >= 0.3 is 6.03 Å². The first-order chi connectivity index (χ1) is 10.0. The molecule has 1 spiro atoms. The Labute approximate surface area is 123 Å². The van der Waals surface area contributed by atoms with Crippen LogP contribution in [-0.4, -0.2) is 51.9 Å². The normalized spacial score (nSPS) is 22.1. The number of rotatable bonds is 3. The summed E-state index contributed by atoms with van der Waals surface area (Å²) in [5.74, 6) is 0.516. The highest BCUT2D eigenvalue weighted by molar-refractivity contribution is 6.07. The fraction of sp³-hybridized carbons (Fsp3) is 0.643. The molecular formula is C14H20N4O3.